The van der Waals surface area contributed by atoms with Crippen LogP contribution in [0.3, 0.4) is 0 Å². The maximum absolute atomic E-state index is 6.49. The smallest absolute Gasteiger partial charge is 0.226 e. The van der Waals surface area contributed by atoms with Gasteiger partial charge >= 0.3 is 0 Å². The van der Waals surface area contributed by atoms with Crippen LogP contribution in [0.5, 0.6) is 0 Å². The molecule has 0 atom stereocenters. The molecule has 0 N–H and O–H groups in total. The van der Waals surface area contributed by atoms with Gasteiger partial charge in [0.25, 0.3) is 0 Å². The summed E-state index contributed by atoms with van der Waals surface area (Å²) in [6.45, 7) is 0. The van der Waals surface area contributed by atoms with Crippen LogP contribution in [0, 0.1) is 0 Å². The van der Waals surface area contributed by atoms with E-state index in [4.69, 9.17) is 16.6 Å². The molecule has 3 rings (SSSR count). The Morgan fingerprint density at radius 3 is 1.86 bits per heavy atom. The first-order valence-electron chi connectivity index (χ1n) is 7.02. The Hall–Kier alpha value is -2.39. The molecule has 0 amide bonds. The first kappa shape index (κ1) is 14.5. The fourth-order valence-corrected chi connectivity index (χ4v) is 2.56. The lowest BCUT2D eigenvalue weighted by Gasteiger charge is -2.16. The van der Waals surface area contributed by atoms with Crippen molar-refractivity contribution in [2.75, 3.05) is 19.0 Å². The first-order valence-corrected chi connectivity index (χ1v) is 7.40. The molecule has 110 valence electrons. The standard InChI is InChI=1S/C18H16ClN3/c1-22(2)18-20-16(14-11-7-4-8-12-14)15(17(19)21-18)13-9-5-3-6-10-13/h3-12H,1-2H3. The third kappa shape index (κ3) is 2.81. The Bertz CT molecular complexity index is 771. The number of aromatic nitrogens is 2. The molecule has 0 saturated heterocycles. The highest BCUT2D eigenvalue weighted by Gasteiger charge is 2.17. The highest BCUT2D eigenvalue weighted by molar-refractivity contribution is 6.32. The van der Waals surface area contributed by atoms with Gasteiger partial charge in [-0.2, -0.15) is 0 Å². The molecule has 0 aliphatic heterocycles. The van der Waals surface area contributed by atoms with Crippen LogP contribution in [-0.2, 0) is 0 Å². The first-order chi connectivity index (χ1) is 10.7. The van der Waals surface area contributed by atoms with E-state index in [0.717, 1.165) is 22.4 Å². The largest absolute Gasteiger partial charge is 0.347 e. The molecule has 0 aliphatic carbocycles. The number of nitrogens with zero attached hydrogens (tertiary/aromatic N) is 3. The van der Waals surface area contributed by atoms with E-state index in [1.54, 1.807) is 0 Å². The third-order valence-electron chi connectivity index (χ3n) is 3.36. The topological polar surface area (TPSA) is 29.0 Å². The summed E-state index contributed by atoms with van der Waals surface area (Å²) < 4.78 is 0. The normalized spacial score (nSPS) is 10.5. The highest BCUT2D eigenvalue weighted by atomic mass is 35.5. The van der Waals surface area contributed by atoms with Gasteiger partial charge in [0.05, 0.1) is 5.69 Å². The summed E-state index contributed by atoms with van der Waals surface area (Å²) in [5.41, 5.74) is 3.74. The summed E-state index contributed by atoms with van der Waals surface area (Å²) in [7, 11) is 3.81. The van der Waals surface area contributed by atoms with Crippen LogP contribution in [0.2, 0.25) is 5.15 Å². The van der Waals surface area contributed by atoms with Crippen LogP contribution in [0.15, 0.2) is 60.7 Å². The van der Waals surface area contributed by atoms with Crippen LogP contribution in [0.25, 0.3) is 22.4 Å². The zero-order valence-electron chi connectivity index (χ0n) is 12.5. The van der Waals surface area contributed by atoms with Gasteiger partial charge < -0.3 is 4.90 Å². The Morgan fingerprint density at radius 1 is 0.773 bits per heavy atom. The monoisotopic (exact) mass is 309 g/mol. The number of hydrogen-bond acceptors (Lipinski definition) is 3. The molecular weight excluding hydrogens is 294 g/mol. The van der Waals surface area contributed by atoms with Crippen molar-refractivity contribution in [3.63, 3.8) is 0 Å². The van der Waals surface area contributed by atoms with Gasteiger partial charge in [0, 0.05) is 25.2 Å². The Morgan fingerprint density at radius 2 is 1.32 bits per heavy atom. The van der Waals surface area contributed by atoms with Crippen LogP contribution >= 0.6 is 11.6 Å². The van der Waals surface area contributed by atoms with E-state index < -0.39 is 0 Å². The molecule has 4 heteroatoms. The van der Waals surface area contributed by atoms with E-state index in [9.17, 15) is 0 Å². The van der Waals surface area contributed by atoms with E-state index in [1.165, 1.54) is 0 Å². The van der Waals surface area contributed by atoms with E-state index in [-0.39, 0.29) is 0 Å². The molecule has 1 aromatic heterocycles. The summed E-state index contributed by atoms with van der Waals surface area (Å²) in [6.07, 6.45) is 0. The van der Waals surface area contributed by atoms with Crippen LogP contribution in [-0.4, -0.2) is 24.1 Å². The van der Waals surface area contributed by atoms with Gasteiger partial charge in [-0.3, -0.25) is 0 Å². The number of rotatable bonds is 3. The number of anilines is 1. The molecule has 0 aliphatic rings. The lowest BCUT2D eigenvalue weighted by Crippen LogP contribution is -2.13. The van der Waals surface area contributed by atoms with Crippen molar-refractivity contribution in [2.45, 2.75) is 0 Å². The van der Waals surface area contributed by atoms with Crippen LogP contribution in [0.4, 0.5) is 5.95 Å². The van der Waals surface area contributed by atoms with Crippen molar-refractivity contribution < 1.29 is 0 Å². The zero-order chi connectivity index (χ0) is 15.5. The lowest BCUT2D eigenvalue weighted by atomic mass is 10.0. The third-order valence-corrected chi connectivity index (χ3v) is 3.64. The van der Waals surface area contributed by atoms with Crippen molar-refractivity contribution in [3.8, 4) is 22.4 Å². The van der Waals surface area contributed by atoms with Crippen molar-refractivity contribution >= 4 is 17.5 Å². The zero-order valence-corrected chi connectivity index (χ0v) is 13.2. The van der Waals surface area contributed by atoms with Gasteiger partial charge in [-0.15, -0.1) is 0 Å². The molecule has 2 aromatic carbocycles. The molecule has 0 unspecified atom stereocenters. The number of hydrogen-bond donors (Lipinski definition) is 0. The number of benzene rings is 2. The predicted molar refractivity (Wildman–Crippen MR) is 92.2 cm³/mol. The minimum absolute atomic E-state index is 0.462. The van der Waals surface area contributed by atoms with E-state index in [0.29, 0.717) is 11.1 Å². The second-order valence-corrected chi connectivity index (χ2v) is 5.52. The molecular formula is C18H16ClN3. The minimum Gasteiger partial charge on any atom is -0.347 e. The lowest BCUT2D eigenvalue weighted by molar-refractivity contribution is 1.00. The predicted octanol–water partition coefficient (Wildman–Crippen LogP) is 4.53. The average Bonchev–Trinajstić information content (AvgIpc) is 2.55. The fraction of sp³-hybridized carbons (Fsp3) is 0.111. The van der Waals surface area contributed by atoms with E-state index in [1.807, 2.05) is 79.7 Å². The maximum atomic E-state index is 6.49. The molecule has 0 saturated carbocycles. The molecule has 22 heavy (non-hydrogen) atoms. The summed E-state index contributed by atoms with van der Waals surface area (Å²) in [4.78, 5) is 11.0. The molecule has 0 bridgehead atoms. The van der Waals surface area contributed by atoms with Gasteiger partial charge in [-0.05, 0) is 5.56 Å². The summed E-state index contributed by atoms with van der Waals surface area (Å²) >= 11 is 6.49. The van der Waals surface area contributed by atoms with E-state index >= 15 is 0 Å². The van der Waals surface area contributed by atoms with Crippen molar-refractivity contribution in [1.82, 2.24) is 9.97 Å². The van der Waals surface area contributed by atoms with Gasteiger partial charge in [0.2, 0.25) is 5.95 Å². The number of halogens is 1. The molecule has 1 heterocycles. The van der Waals surface area contributed by atoms with Crippen molar-refractivity contribution in [2.24, 2.45) is 0 Å². The summed E-state index contributed by atoms with van der Waals surface area (Å²) in [6, 6.07) is 20.0. The highest BCUT2D eigenvalue weighted by Crippen LogP contribution is 2.36. The molecule has 0 fully saturated rings. The maximum Gasteiger partial charge on any atom is 0.226 e. The van der Waals surface area contributed by atoms with Crippen molar-refractivity contribution in [3.05, 3.63) is 65.8 Å². The second-order valence-electron chi connectivity index (χ2n) is 5.16. The SMILES string of the molecule is CN(C)c1nc(Cl)c(-c2ccccc2)c(-c2ccccc2)n1. The van der Waals surface area contributed by atoms with Crippen molar-refractivity contribution in [1.29, 1.82) is 0 Å². The molecule has 0 radical (unpaired) electrons. The van der Waals surface area contributed by atoms with Crippen LogP contribution in [0.1, 0.15) is 0 Å². The van der Waals surface area contributed by atoms with Crippen LogP contribution < -0.4 is 4.90 Å². The Labute approximate surface area is 135 Å². The van der Waals surface area contributed by atoms with Gasteiger partial charge in [0.15, 0.2) is 0 Å². The molecule has 0 spiro atoms. The Kier molecular flexibility index (Phi) is 4.07. The van der Waals surface area contributed by atoms with Gasteiger partial charge in [0.1, 0.15) is 5.15 Å². The molecule has 3 aromatic rings. The molecule has 3 nitrogen and oxygen atoms in total. The van der Waals surface area contributed by atoms with E-state index in [2.05, 4.69) is 4.98 Å². The summed E-state index contributed by atoms with van der Waals surface area (Å²) in [5.74, 6) is 0.600. The fourth-order valence-electron chi connectivity index (χ4n) is 2.29. The average molecular weight is 310 g/mol. The second kappa shape index (κ2) is 6.16. The summed E-state index contributed by atoms with van der Waals surface area (Å²) in [5, 5.41) is 0.462. The quantitative estimate of drug-likeness (QED) is 0.666. The Balaban J connectivity index is 2.29. The van der Waals surface area contributed by atoms with Gasteiger partial charge in [-0.25, -0.2) is 9.97 Å². The van der Waals surface area contributed by atoms with Gasteiger partial charge in [-0.1, -0.05) is 72.3 Å². The minimum atomic E-state index is 0.462.